The lowest BCUT2D eigenvalue weighted by atomic mass is 9.87. The Kier molecular flexibility index (Phi) is 3.10. The second-order valence-corrected chi connectivity index (χ2v) is 5.48. The summed E-state index contributed by atoms with van der Waals surface area (Å²) in [4.78, 5) is 0. The summed E-state index contributed by atoms with van der Waals surface area (Å²) in [5, 5.41) is 0. The van der Waals surface area contributed by atoms with Crippen LogP contribution in [0.5, 0.6) is 5.75 Å². The van der Waals surface area contributed by atoms with Crippen LogP contribution in [0, 0.1) is 0 Å². The SMILES string of the molecule is CC(C)(N)Oc1ccc(C(C)(C)C)cc1. The molecule has 2 nitrogen and oxygen atoms in total. The highest BCUT2D eigenvalue weighted by molar-refractivity contribution is 5.31. The van der Waals surface area contributed by atoms with Gasteiger partial charge < -0.3 is 4.74 Å². The predicted octanol–water partition coefficient (Wildman–Crippen LogP) is 3.06. The van der Waals surface area contributed by atoms with Gasteiger partial charge in [-0.1, -0.05) is 32.9 Å². The van der Waals surface area contributed by atoms with Gasteiger partial charge in [0.1, 0.15) is 5.75 Å². The molecule has 0 fully saturated rings. The van der Waals surface area contributed by atoms with Gasteiger partial charge in [-0.15, -0.1) is 0 Å². The number of rotatable bonds is 2. The van der Waals surface area contributed by atoms with Crippen molar-refractivity contribution >= 4 is 0 Å². The number of hydrogen-bond donors (Lipinski definition) is 1. The Hall–Kier alpha value is -1.02. The molecule has 0 aliphatic heterocycles. The van der Waals surface area contributed by atoms with Crippen LogP contribution >= 0.6 is 0 Å². The first-order chi connectivity index (χ1) is 6.68. The van der Waals surface area contributed by atoms with Gasteiger partial charge >= 0.3 is 0 Å². The van der Waals surface area contributed by atoms with Gasteiger partial charge in [-0.25, -0.2) is 0 Å². The van der Waals surface area contributed by atoms with Crippen LogP contribution in [0.4, 0.5) is 0 Å². The van der Waals surface area contributed by atoms with E-state index in [1.165, 1.54) is 5.56 Å². The first-order valence-electron chi connectivity index (χ1n) is 5.27. The van der Waals surface area contributed by atoms with Gasteiger partial charge in [-0.05, 0) is 37.0 Å². The van der Waals surface area contributed by atoms with Crippen LogP contribution in [-0.4, -0.2) is 5.72 Å². The van der Waals surface area contributed by atoms with Crippen LogP contribution in [0.2, 0.25) is 0 Å². The van der Waals surface area contributed by atoms with Crippen molar-refractivity contribution in [3.8, 4) is 5.75 Å². The molecule has 1 aromatic carbocycles. The van der Waals surface area contributed by atoms with Gasteiger partial charge in [-0.2, -0.15) is 0 Å². The molecule has 0 aliphatic rings. The molecule has 2 heteroatoms. The molecular weight excluding hydrogens is 186 g/mol. The smallest absolute Gasteiger partial charge is 0.152 e. The average Bonchev–Trinajstić information content (AvgIpc) is 2.00. The third-order valence-corrected chi connectivity index (χ3v) is 2.10. The van der Waals surface area contributed by atoms with Gasteiger partial charge in [0.2, 0.25) is 0 Å². The zero-order valence-electron chi connectivity index (χ0n) is 10.3. The Morgan fingerprint density at radius 3 is 1.73 bits per heavy atom. The summed E-state index contributed by atoms with van der Waals surface area (Å²) in [6.07, 6.45) is 0. The van der Waals surface area contributed by atoms with E-state index in [-0.39, 0.29) is 5.41 Å². The lowest BCUT2D eigenvalue weighted by molar-refractivity contribution is 0.117. The predicted molar refractivity (Wildman–Crippen MR) is 64.0 cm³/mol. The zero-order chi connectivity index (χ0) is 11.7. The number of nitrogens with two attached hydrogens (primary N) is 1. The van der Waals surface area contributed by atoms with Gasteiger partial charge in [0, 0.05) is 0 Å². The second-order valence-electron chi connectivity index (χ2n) is 5.48. The third kappa shape index (κ3) is 3.92. The van der Waals surface area contributed by atoms with Gasteiger partial charge in [-0.3, -0.25) is 5.73 Å². The van der Waals surface area contributed by atoms with E-state index in [0.29, 0.717) is 0 Å². The van der Waals surface area contributed by atoms with Gasteiger partial charge in [0.05, 0.1) is 0 Å². The summed E-state index contributed by atoms with van der Waals surface area (Å²) in [5.74, 6) is 0.815. The Bertz CT molecular complexity index is 314. The van der Waals surface area contributed by atoms with Crippen LogP contribution in [0.3, 0.4) is 0 Å². The van der Waals surface area contributed by atoms with Crippen LogP contribution < -0.4 is 10.5 Å². The van der Waals surface area contributed by atoms with E-state index >= 15 is 0 Å². The molecule has 2 N–H and O–H groups in total. The third-order valence-electron chi connectivity index (χ3n) is 2.10. The number of hydrogen-bond acceptors (Lipinski definition) is 2. The van der Waals surface area contributed by atoms with E-state index in [2.05, 4.69) is 32.9 Å². The number of ether oxygens (including phenoxy) is 1. The molecule has 0 amide bonds. The summed E-state index contributed by atoms with van der Waals surface area (Å²) in [6, 6.07) is 8.10. The topological polar surface area (TPSA) is 35.2 Å². The van der Waals surface area contributed by atoms with Crippen molar-refractivity contribution in [3.05, 3.63) is 29.8 Å². The maximum atomic E-state index is 5.77. The van der Waals surface area contributed by atoms with E-state index in [1.807, 2.05) is 26.0 Å². The fraction of sp³-hybridized carbons (Fsp3) is 0.538. The quantitative estimate of drug-likeness (QED) is 0.756. The molecular formula is C13H21NO. The number of benzene rings is 1. The van der Waals surface area contributed by atoms with Crippen molar-refractivity contribution in [2.24, 2.45) is 5.73 Å². The van der Waals surface area contributed by atoms with E-state index in [0.717, 1.165) is 5.75 Å². The molecule has 0 radical (unpaired) electrons. The normalized spacial score (nSPS) is 12.7. The zero-order valence-corrected chi connectivity index (χ0v) is 10.3. The minimum Gasteiger partial charge on any atom is -0.474 e. The van der Waals surface area contributed by atoms with Crippen molar-refractivity contribution in [1.82, 2.24) is 0 Å². The molecule has 0 saturated heterocycles. The molecule has 0 spiro atoms. The summed E-state index contributed by atoms with van der Waals surface area (Å²) in [6.45, 7) is 10.2. The second kappa shape index (κ2) is 3.86. The molecule has 0 bridgehead atoms. The maximum Gasteiger partial charge on any atom is 0.152 e. The fourth-order valence-corrected chi connectivity index (χ4v) is 1.33. The summed E-state index contributed by atoms with van der Waals surface area (Å²) < 4.78 is 5.55. The molecule has 0 aliphatic carbocycles. The first kappa shape index (κ1) is 12.1. The molecule has 0 saturated carbocycles. The Labute approximate surface area is 92.4 Å². The largest absolute Gasteiger partial charge is 0.474 e. The fourth-order valence-electron chi connectivity index (χ4n) is 1.33. The van der Waals surface area contributed by atoms with Crippen LogP contribution in [-0.2, 0) is 5.41 Å². The molecule has 84 valence electrons. The Balaban J connectivity index is 2.82. The van der Waals surface area contributed by atoms with Crippen molar-refractivity contribution < 1.29 is 4.74 Å². The highest BCUT2D eigenvalue weighted by atomic mass is 16.5. The van der Waals surface area contributed by atoms with Crippen LogP contribution in [0.1, 0.15) is 40.2 Å². The molecule has 0 atom stereocenters. The molecule has 0 aromatic heterocycles. The Morgan fingerprint density at radius 2 is 1.40 bits per heavy atom. The van der Waals surface area contributed by atoms with Crippen LogP contribution in [0.15, 0.2) is 24.3 Å². The first-order valence-corrected chi connectivity index (χ1v) is 5.27. The van der Waals surface area contributed by atoms with Crippen LogP contribution in [0.25, 0.3) is 0 Å². The summed E-state index contributed by atoms with van der Waals surface area (Å²) >= 11 is 0. The standard InChI is InChI=1S/C13H21NO/c1-12(2,3)10-6-8-11(9-7-10)15-13(4,5)14/h6-9H,14H2,1-5H3. The van der Waals surface area contributed by atoms with Gasteiger partial charge in [0.25, 0.3) is 0 Å². The lowest BCUT2D eigenvalue weighted by Gasteiger charge is -2.23. The Morgan fingerprint density at radius 1 is 0.933 bits per heavy atom. The van der Waals surface area contributed by atoms with E-state index in [9.17, 15) is 0 Å². The van der Waals surface area contributed by atoms with E-state index in [1.54, 1.807) is 0 Å². The maximum absolute atomic E-state index is 5.77. The van der Waals surface area contributed by atoms with Crippen molar-refractivity contribution in [2.75, 3.05) is 0 Å². The average molecular weight is 207 g/mol. The van der Waals surface area contributed by atoms with Crippen molar-refractivity contribution in [3.63, 3.8) is 0 Å². The van der Waals surface area contributed by atoms with Crippen molar-refractivity contribution in [2.45, 2.75) is 45.8 Å². The highest BCUT2D eigenvalue weighted by Gasteiger charge is 2.15. The molecule has 1 rings (SSSR count). The van der Waals surface area contributed by atoms with Crippen molar-refractivity contribution in [1.29, 1.82) is 0 Å². The minimum atomic E-state index is -0.622. The van der Waals surface area contributed by atoms with E-state index in [4.69, 9.17) is 10.5 Å². The lowest BCUT2D eigenvalue weighted by Crippen LogP contribution is -2.38. The highest BCUT2D eigenvalue weighted by Crippen LogP contribution is 2.25. The minimum absolute atomic E-state index is 0.177. The summed E-state index contributed by atoms with van der Waals surface area (Å²) in [5.41, 5.74) is 6.62. The summed E-state index contributed by atoms with van der Waals surface area (Å²) in [7, 11) is 0. The van der Waals surface area contributed by atoms with Gasteiger partial charge in [0.15, 0.2) is 5.72 Å². The monoisotopic (exact) mass is 207 g/mol. The molecule has 1 aromatic rings. The van der Waals surface area contributed by atoms with E-state index < -0.39 is 5.72 Å². The molecule has 0 heterocycles. The molecule has 15 heavy (non-hydrogen) atoms. The molecule has 0 unspecified atom stereocenters.